The Labute approximate surface area is 239 Å². The lowest BCUT2D eigenvalue weighted by Crippen LogP contribution is -2.66. The third-order valence-corrected chi connectivity index (χ3v) is 8.90. The molecule has 1 saturated heterocycles. The van der Waals surface area contributed by atoms with Gasteiger partial charge in [0.2, 0.25) is 5.91 Å². The van der Waals surface area contributed by atoms with E-state index in [0.717, 1.165) is 34.2 Å². The lowest BCUT2D eigenvalue weighted by atomic mass is 9.73. The third kappa shape index (κ3) is 5.44. The Morgan fingerprint density at radius 2 is 1.49 bits per heavy atom. The molecule has 1 aliphatic heterocycles. The molecule has 212 valence electrons. The van der Waals surface area contributed by atoms with Crippen LogP contribution >= 0.6 is 0 Å². The highest BCUT2D eigenvalue weighted by molar-refractivity contribution is 5.92. The van der Waals surface area contributed by atoms with Gasteiger partial charge in [-0.1, -0.05) is 78.9 Å². The van der Waals surface area contributed by atoms with Crippen molar-refractivity contribution < 1.29 is 24.2 Å². The summed E-state index contributed by atoms with van der Waals surface area (Å²) >= 11 is 0. The second-order valence-corrected chi connectivity index (χ2v) is 11.6. The predicted molar refractivity (Wildman–Crippen MR) is 154 cm³/mol. The van der Waals surface area contributed by atoms with E-state index in [1.807, 2.05) is 54.6 Å². The zero-order valence-corrected chi connectivity index (χ0v) is 23.0. The molecule has 3 aromatic carbocycles. The molecule has 8 heteroatoms. The Bertz CT molecular complexity index is 1410. The second-order valence-electron chi connectivity index (χ2n) is 11.6. The van der Waals surface area contributed by atoms with Crippen molar-refractivity contribution in [3.8, 4) is 11.1 Å². The molecule has 3 aromatic rings. The average Bonchev–Trinajstić information content (AvgIpc) is 3.50. The van der Waals surface area contributed by atoms with Gasteiger partial charge >= 0.3 is 12.1 Å². The van der Waals surface area contributed by atoms with Crippen LogP contribution in [-0.4, -0.2) is 58.8 Å². The van der Waals surface area contributed by atoms with Crippen LogP contribution in [0.15, 0.2) is 78.9 Å². The molecule has 3 N–H and O–H groups in total. The van der Waals surface area contributed by atoms with E-state index in [2.05, 4.69) is 39.8 Å². The fourth-order valence-corrected chi connectivity index (χ4v) is 6.64. The number of likely N-dealkylation sites (tertiary alicyclic amines) is 1. The van der Waals surface area contributed by atoms with Crippen molar-refractivity contribution >= 4 is 18.0 Å². The van der Waals surface area contributed by atoms with E-state index < -0.39 is 23.1 Å². The molecular weight excluding hydrogens is 518 g/mol. The molecule has 2 aliphatic carbocycles. The minimum absolute atomic E-state index is 0.0927. The van der Waals surface area contributed by atoms with Crippen molar-refractivity contribution in [2.45, 2.75) is 55.6 Å². The molecule has 0 bridgehead atoms. The number of rotatable bonds is 9. The molecule has 0 aromatic heterocycles. The maximum atomic E-state index is 13.9. The SMILES string of the molecule is O=C(O)CC1(NC(=O)C2(NC(=O)OCC3c4ccccc4-c4ccccc43)CCN(Cc3ccccc3)C2)CCC1. The summed E-state index contributed by atoms with van der Waals surface area (Å²) in [5.41, 5.74) is 3.64. The van der Waals surface area contributed by atoms with Crippen LogP contribution in [0.3, 0.4) is 0 Å². The second kappa shape index (κ2) is 11.0. The first-order valence-electron chi connectivity index (χ1n) is 14.3. The van der Waals surface area contributed by atoms with Gasteiger partial charge in [0.25, 0.3) is 0 Å². The summed E-state index contributed by atoms with van der Waals surface area (Å²) in [6.07, 6.45) is 1.71. The van der Waals surface area contributed by atoms with E-state index >= 15 is 0 Å². The summed E-state index contributed by atoms with van der Waals surface area (Å²) < 4.78 is 5.82. The van der Waals surface area contributed by atoms with Gasteiger partial charge in [-0.25, -0.2) is 4.79 Å². The maximum Gasteiger partial charge on any atom is 0.408 e. The zero-order chi connectivity index (χ0) is 28.5. The summed E-state index contributed by atoms with van der Waals surface area (Å²) in [6, 6.07) is 26.3. The molecule has 1 unspecified atom stereocenters. The Kier molecular flexibility index (Phi) is 7.26. The molecular formula is C33H35N3O5. The van der Waals surface area contributed by atoms with Crippen molar-refractivity contribution in [1.82, 2.24) is 15.5 Å². The van der Waals surface area contributed by atoms with Crippen molar-refractivity contribution in [1.29, 1.82) is 0 Å². The number of nitrogens with one attached hydrogen (secondary N) is 2. The predicted octanol–water partition coefficient (Wildman–Crippen LogP) is 4.68. The number of ether oxygens (including phenoxy) is 1. The van der Waals surface area contributed by atoms with E-state index in [-0.39, 0.29) is 24.9 Å². The molecule has 41 heavy (non-hydrogen) atoms. The van der Waals surface area contributed by atoms with Crippen molar-refractivity contribution in [2.75, 3.05) is 19.7 Å². The maximum absolute atomic E-state index is 13.9. The molecule has 2 amide bonds. The number of nitrogens with zero attached hydrogens (tertiary/aromatic N) is 1. The number of alkyl carbamates (subject to hydrolysis) is 1. The first-order chi connectivity index (χ1) is 19.9. The first-order valence-corrected chi connectivity index (χ1v) is 14.3. The lowest BCUT2D eigenvalue weighted by Gasteiger charge is -2.44. The molecule has 6 rings (SSSR count). The Hall–Kier alpha value is -4.17. The van der Waals surface area contributed by atoms with Crippen LogP contribution in [0.2, 0.25) is 0 Å². The van der Waals surface area contributed by atoms with Crippen molar-refractivity contribution in [3.05, 3.63) is 95.6 Å². The normalized spacial score (nSPS) is 20.9. The molecule has 1 heterocycles. The lowest BCUT2D eigenvalue weighted by molar-refractivity contribution is -0.141. The van der Waals surface area contributed by atoms with Crippen molar-refractivity contribution in [3.63, 3.8) is 0 Å². The molecule has 1 atom stereocenters. The average molecular weight is 554 g/mol. The summed E-state index contributed by atoms with van der Waals surface area (Å²) in [4.78, 5) is 40.9. The Balaban J connectivity index is 1.18. The number of hydrogen-bond donors (Lipinski definition) is 3. The molecule has 0 spiro atoms. The monoisotopic (exact) mass is 553 g/mol. The van der Waals surface area contributed by atoms with E-state index in [9.17, 15) is 19.5 Å². The van der Waals surface area contributed by atoms with E-state index in [1.165, 1.54) is 0 Å². The van der Waals surface area contributed by atoms with E-state index in [1.54, 1.807) is 0 Å². The summed E-state index contributed by atoms with van der Waals surface area (Å²) in [5.74, 6) is -1.38. The standard InChI is InChI=1S/C33H35N3O5/c37-29(38)19-32(15-8-16-32)34-30(39)33(17-18-36(22-33)20-23-9-2-1-3-10-23)35-31(40)41-21-28-26-13-6-4-11-24(26)25-12-5-7-14-27(25)28/h1-7,9-14,28H,8,15-22H2,(H,34,39)(H,35,40)(H,37,38). The number of carbonyl (C=O) groups excluding carboxylic acids is 2. The van der Waals surface area contributed by atoms with Crippen LogP contribution in [0.4, 0.5) is 4.79 Å². The largest absolute Gasteiger partial charge is 0.481 e. The minimum Gasteiger partial charge on any atom is -0.481 e. The fourth-order valence-electron chi connectivity index (χ4n) is 6.64. The third-order valence-electron chi connectivity index (χ3n) is 8.90. The van der Waals surface area contributed by atoms with Gasteiger partial charge in [0.1, 0.15) is 12.1 Å². The molecule has 3 aliphatic rings. The highest BCUT2D eigenvalue weighted by Gasteiger charge is 2.50. The Morgan fingerprint density at radius 1 is 0.854 bits per heavy atom. The molecule has 8 nitrogen and oxygen atoms in total. The van der Waals surface area contributed by atoms with Crippen LogP contribution < -0.4 is 10.6 Å². The quantitative estimate of drug-likeness (QED) is 0.355. The van der Waals surface area contributed by atoms with E-state index in [0.29, 0.717) is 38.9 Å². The zero-order valence-electron chi connectivity index (χ0n) is 23.0. The number of amides is 2. The summed E-state index contributed by atoms with van der Waals surface area (Å²) in [5, 5.41) is 15.5. The van der Waals surface area contributed by atoms with Crippen molar-refractivity contribution in [2.24, 2.45) is 0 Å². The Morgan fingerprint density at radius 3 is 2.10 bits per heavy atom. The number of carboxylic acids is 1. The summed E-state index contributed by atoms with van der Waals surface area (Å²) in [6.45, 7) is 1.70. The van der Waals surface area contributed by atoms with Gasteiger partial charge in [0, 0.05) is 25.6 Å². The summed E-state index contributed by atoms with van der Waals surface area (Å²) in [7, 11) is 0. The number of carbonyl (C=O) groups is 3. The van der Waals surface area contributed by atoms with Gasteiger partial charge in [0.05, 0.1) is 12.0 Å². The van der Waals surface area contributed by atoms with Crippen LogP contribution in [0, 0.1) is 0 Å². The highest BCUT2D eigenvalue weighted by atomic mass is 16.5. The van der Waals surface area contributed by atoms with Gasteiger partial charge < -0.3 is 20.5 Å². The number of fused-ring (bicyclic) bond motifs is 3. The van der Waals surface area contributed by atoms with Crippen LogP contribution in [-0.2, 0) is 20.9 Å². The number of hydrogen-bond acceptors (Lipinski definition) is 5. The molecule has 1 saturated carbocycles. The van der Waals surface area contributed by atoms with Gasteiger partial charge in [0.15, 0.2) is 0 Å². The van der Waals surface area contributed by atoms with Crippen LogP contribution in [0.5, 0.6) is 0 Å². The smallest absolute Gasteiger partial charge is 0.408 e. The number of benzene rings is 3. The number of aliphatic carboxylic acids is 1. The fraction of sp³-hybridized carbons (Fsp3) is 0.364. The molecule has 0 radical (unpaired) electrons. The van der Waals surface area contributed by atoms with Crippen LogP contribution in [0.25, 0.3) is 11.1 Å². The minimum atomic E-state index is -1.22. The highest BCUT2D eigenvalue weighted by Crippen LogP contribution is 2.44. The van der Waals surface area contributed by atoms with Gasteiger partial charge in [-0.3, -0.25) is 14.5 Å². The van der Waals surface area contributed by atoms with Gasteiger partial charge in [-0.15, -0.1) is 0 Å². The van der Waals surface area contributed by atoms with Gasteiger partial charge in [-0.2, -0.15) is 0 Å². The van der Waals surface area contributed by atoms with Gasteiger partial charge in [-0.05, 0) is 53.5 Å². The molecule has 2 fully saturated rings. The first kappa shape index (κ1) is 27.0. The van der Waals surface area contributed by atoms with Crippen LogP contribution in [0.1, 0.15) is 54.7 Å². The number of carboxylic acid groups (broad SMARTS) is 1. The van der Waals surface area contributed by atoms with E-state index in [4.69, 9.17) is 4.74 Å². The topological polar surface area (TPSA) is 108 Å².